The average molecular weight is 341 g/mol. The SMILES string of the molecule is COC(=O)c1ccccc1OCC(=O)N[C@H]1CCOc2ccccc21. The van der Waals surface area contributed by atoms with Crippen molar-refractivity contribution in [3.8, 4) is 11.5 Å². The number of ether oxygens (including phenoxy) is 3. The Kier molecular flexibility index (Phi) is 5.18. The molecule has 0 aliphatic carbocycles. The predicted molar refractivity (Wildman–Crippen MR) is 90.7 cm³/mol. The van der Waals surface area contributed by atoms with Gasteiger partial charge >= 0.3 is 5.97 Å². The van der Waals surface area contributed by atoms with E-state index in [2.05, 4.69) is 5.32 Å². The summed E-state index contributed by atoms with van der Waals surface area (Å²) in [6.45, 7) is 0.363. The Morgan fingerprint density at radius 1 is 1.16 bits per heavy atom. The standard InChI is InChI=1S/C19H19NO5/c1-23-19(22)14-7-3-5-9-17(14)25-12-18(21)20-15-10-11-24-16-8-4-2-6-13(15)16/h2-9,15H,10-12H2,1H3,(H,20,21)/t15-/m0/s1. The van der Waals surface area contributed by atoms with Gasteiger partial charge in [-0.3, -0.25) is 4.79 Å². The molecule has 1 aliphatic heterocycles. The zero-order chi connectivity index (χ0) is 17.6. The fraction of sp³-hybridized carbons (Fsp3) is 0.263. The molecule has 2 aromatic rings. The number of benzene rings is 2. The third-order valence-corrected chi connectivity index (χ3v) is 3.94. The van der Waals surface area contributed by atoms with E-state index < -0.39 is 5.97 Å². The number of esters is 1. The number of carbonyl (C=O) groups excluding carboxylic acids is 2. The number of rotatable bonds is 5. The van der Waals surface area contributed by atoms with Gasteiger partial charge in [-0.2, -0.15) is 0 Å². The van der Waals surface area contributed by atoms with Gasteiger partial charge in [-0.25, -0.2) is 4.79 Å². The Morgan fingerprint density at radius 2 is 1.92 bits per heavy atom. The first-order valence-electron chi connectivity index (χ1n) is 8.00. The lowest BCUT2D eigenvalue weighted by molar-refractivity contribution is -0.124. The van der Waals surface area contributed by atoms with Gasteiger partial charge in [-0.1, -0.05) is 30.3 Å². The molecule has 0 saturated heterocycles. The second-order valence-corrected chi connectivity index (χ2v) is 5.57. The largest absolute Gasteiger partial charge is 0.493 e. The normalized spacial score (nSPS) is 15.5. The number of amides is 1. The van der Waals surface area contributed by atoms with Crippen LogP contribution in [0.3, 0.4) is 0 Å². The van der Waals surface area contributed by atoms with Gasteiger partial charge in [-0.05, 0) is 18.2 Å². The van der Waals surface area contributed by atoms with Crippen molar-refractivity contribution in [1.29, 1.82) is 0 Å². The fourth-order valence-corrected chi connectivity index (χ4v) is 2.74. The second-order valence-electron chi connectivity index (χ2n) is 5.57. The van der Waals surface area contributed by atoms with Crippen LogP contribution in [0.25, 0.3) is 0 Å². The number of hydrogen-bond donors (Lipinski definition) is 1. The van der Waals surface area contributed by atoms with Crippen molar-refractivity contribution in [3.63, 3.8) is 0 Å². The predicted octanol–water partition coefficient (Wildman–Crippen LogP) is 2.49. The number of para-hydroxylation sites is 2. The quantitative estimate of drug-likeness (QED) is 0.846. The van der Waals surface area contributed by atoms with E-state index in [1.165, 1.54) is 7.11 Å². The second kappa shape index (κ2) is 7.70. The molecule has 6 heteroatoms. The van der Waals surface area contributed by atoms with Gasteiger partial charge in [-0.15, -0.1) is 0 Å². The molecule has 6 nitrogen and oxygen atoms in total. The Hall–Kier alpha value is -3.02. The first-order chi connectivity index (χ1) is 12.2. The van der Waals surface area contributed by atoms with Crippen LogP contribution in [0, 0.1) is 0 Å². The Bertz CT molecular complexity index is 774. The van der Waals surface area contributed by atoms with Crippen LogP contribution < -0.4 is 14.8 Å². The number of methoxy groups -OCH3 is 1. The van der Waals surface area contributed by atoms with Gasteiger partial charge in [0, 0.05) is 12.0 Å². The van der Waals surface area contributed by atoms with Gasteiger partial charge in [0.25, 0.3) is 5.91 Å². The van der Waals surface area contributed by atoms with Crippen molar-refractivity contribution in [2.24, 2.45) is 0 Å². The number of hydrogen-bond acceptors (Lipinski definition) is 5. The van der Waals surface area contributed by atoms with E-state index in [0.29, 0.717) is 18.8 Å². The molecule has 1 amide bonds. The minimum Gasteiger partial charge on any atom is -0.493 e. The van der Waals surface area contributed by atoms with Crippen molar-refractivity contribution in [2.45, 2.75) is 12.5 Å². The van der Waals surface area contributed by atoms with E-state index in [-0.39, 0.29) is 24.1 Å². The van der Waals surface area contributed by atoms with E-state index in [4.69, 9.17) is 14.2 Å². The minimum atomic E-state index is -0.505. The zero-order valence-electron chi connectivity index (χ0n) is 13.9. The minimum absolute atomic E-state index is 0.114. The third-order valence-electron chi connectivity index (χ3n) is 3.94. The monoisotopic (exact) mass is 341 g/mol. The van der Waals surface area contributed by atoms with Gasteiger partial charge in [0.1, 0.15) is 17.1 Å². The molecule has 1 N–H and O–H groups in total. The van der Waals surface area contributed by atoms with Crippen molar-refractivity contribution in [1.82, 2.24) is 5.32 Å². The lowest BCUT2D eigenvalue weighted by Crippen LogP contribution is -2.35. The number of nitrogens with one attached hydrogen (secondary N) is 1. The smallest absolute Gasteiger partial charge is 0.341 e. The van der Waals surface area contributed by atoms with Gasteiger partial charge in [0.15, 0.2) is 6.61 Å². The molecule has 1 heterocycles. The zero-order valence-corrected chi connectivity index (χ0v) is 13.9. The Balaban J connectivity index is 1.62. The highest BCUT2D eigenvalue weighted by Crippen LogP contribution is 2.31. The van der Waals surface area contributed by atoms with Crippen LogP contribution in [-0.4, -0.2) is 32.2 Å². The summed E-state index contributed by atoms with van der Waals surface area (Å²) >= 11 is 0. The van der Waals surface area contributed by atoms with Crippen LogP contribution in [0.15, 0.2) is 48.5 Å². The molecule has 130 valence electrons. The van der Waals surface area contributed by atoms with Crippen molar-refractivity contribution >= 4 is 11.9 Å². The maximum Gasteiger partial charge on any atom is 0.341 e. The van der Waals surface area contributed by atoms with Crippen LogP contribution in [-0.2, 0) is 9.53 Å². The lowest BCUT2D eigenvalue weighted by atomic mass is 10.0. The van der Waals surface area contributed by atoms with Crippen LogP contribution in [0.1, 0.15) is 28.4 Å². The highest BCUT2D eigenvalue weighted by Gasteiger charge is 2.23. The number of carbonyl (C=O) groups is 2. The Labute approximate surface area is 145 Å². The van der Waals surface area contributed by atoms with Crippen molar-refractivity contribution < 1.29 is 23.8 Å². The van der Waals surface area contributed by atoms with Crippen LogP contribution >= 0.6 is 0 Å². The molecule has 0 bridgehead atoms. The molecule has 0 unspecified atom stereocenters. The first kappa shape index (κ1) is 16.8. The molecular weight excluding hydrogens is 322 g/mol. The van der Waals surface area contributed by atoms with Gasteiger partial charge in [0.2, 0.25) is 0 Å². The average Bonchev–Trinajstić information content (AvgIpc) is 2.66. The molecule has 3 rings (SSSR count). The molecular formula is C19H19NO5. The summed E-state index contributed by atoms with van der Waals surface area (Å²) < 4.78 is 15.8. The maximum absolute atomic E-state index is 12.3. The van der Waals surface area contributed by atoms with Crippen molar-refractivity contribution in [2.75, 3.05) is 20.3 Å². The maximum atomic E-state index is 12.3. The van der Waals surface area contributed by atoms with Gasteiger partial charge < -0.3 is 19.5 Å². The molecule has 0 spiro atoms. The summed E-state index contributed by atoms with van der Waals surface area (Å²) in [4.78, 5) is 24.0. The Morgan fingerprint density at radius 3 is 2.76 bits per heavy atom. The molecule has 25 heavy (non-hydrogen) atoms. The summed E-state index contributed by atoms with van der Waals surface area (Å²) in [5.74, 6) is 0.337. The summed E-state index contributed by atoms with van der Waals surface area (Å²) in [5, 5.41) is 2.95. The summed E-state index contributed by atoms with van der Waals surface area (Å²) in [5.41, 5.74) is 1.24. The summed E-state index contributed by atoms with van der Waals surface area (Å²) in [6.07, 6.45) is 0.696. The third kappa shape index (κ3) is 3.91. The van der Waals surface area contributed by atoms with Crippen LogP contribution in [0.5, 0.6) is 11.5 Å². The molecule has 1 aliphatic rings. The first-order valence-corrected chi connectivity index (χ1v) is 8.00. The lowest BCUT2D eigenvalue weighted by Gasteiger charge is -2.26. The molecule has 0 fully saturated rings. The number of fused-ring (bicyclic) bond motifs is 1. The molecule has 0 saturated carbocycles. The molecule has 0 aromatic heterocycles. The van der Waals surface area contributed by atoms with E-state index in [1.807, 2.05) is 24.3 Å². The van der Waals surface area contributed by atoms with E-state index in [9.17, 15) is 9.59 Å². The van der Waals surface area contributed by atoms with E-state index >= 15 is 0 Å². The summed E-state index contributed by atoms with van der Waals surface area (Å²) in [6, 6.07) is 14.2. The fourth-order valence-electron chi connectivity index (χ4n) is 2.74. The van der Waals surface area contributed by atoms with Crippen molar-refractivity contribution in [3.05, 3.63) is 59.7 Å². The van der Waals surface area contributed by atoms with Crippen LogP contribution in [0.4, 0.5) is 0 Å². The summed E-state index contributed by atoms with van der Waals surface area (Å²) in [7, 11) is 1.30. The molecule has 1 atom stereocenters. The van der Waals surface area contributed by atoms with E-state index in [0.717, 1.165) is 11.3 Å². The highest BCUT2D eigenvalue weighted by atomic mass is 16.5. The van der Waals surface area contributed by atoms with Gasteiger partial charge in [0.05, 0.1) is 19.8 Å². The van der Waals surface area contributed by atoms with Crippen LogP contribution in [0.2, 0.25) is 0 Å². The topological polar surface area (TPSA) is 73.9 Å². The van der Waals surface area contributed by atoms with E-state index in [1.54, 1.807) is 24.3 Å². The molecule has 2 aromatic carbocycles. The molecule has 0 radical (unpaired) electrons. The highest BCUT2D eigenvalue weighted by molar-refractivity contribution is 5.92.